The fraction of sp³-hybridized carbons (Fsp3) is 0.562. The Kier molecular flexibility index (Phi) is 6.15. The van der Waals surface area contributed by atoms with Crippen LogP contribution >= 0.6 is 0 Å². The van der Waals surface area contributed by atoms with Crippen LogP contribution in [-0.2, 0) is 11.3 Å². The largest absolute Gasteiger partial charge is 0.478 e. The maximum Gasteiger partial charge on any atom is 0.260 e. The number of ether oxygens (including phenoxy) is 1. The molecule has 1 amide bonds. The molecule has 0 aliphatic rings. The van der Waals surface area contributed by atoms with Crippen molar-refractivity contribution in [3.8, 4) is 5.75 Å². The molecule has 0 heterocycles. The van der Waals surface area contributed by atoms with Crippen LogP contribution in [0.2, 0.25) is 0 Å². The number of hydrogen-bond donors (Lipinski definition) is 2. The van der Waals surface area contributed by atoms with E-state index in [1.165, 1.54) is 6.07 Å². The smallest absolute Gasteiger partial charge is 0.260 e. The quantitative estimate of drug-likeness (QED) is 0.848. The van der Waals surface area contributed by atoms with Crippen molar-refractivity contribution in [1.82, 2.24) is 10.6 Å². The third kappa shape index (κ3) is 6.12. The number of amides is 1. The molecule has 0 spiro atoms. The van der Waals surface area contributed by atoms with Crippen LogP contribution in [-0.4, -0.2) is 24.1 Å². The predicted molar refractivity (Wildman–Crippen MR) is 81.8 cm³/mol. The van der Waals surface area contributed by atoms with Gasteiger partial charge >= 0.3 is 0 Å². The zero-order valence-corrected chi connectivity index (χ0v) is 13.4. The number of carbonyl (C=O) groups excluding carboxylic acids is 1. The lowest BCUT2D eigenvalue weighted by Crippen LogP contribution is -2.36. The van der Waals surface area contributed by atoms with Gasteiger partial charge in [0, 0.05) is 18.6 Å². The molecule has 1 aromatic rings. The summed E-state index contributed by atoms with van der Waals surface area (Å²) in [7, 11) is 0. The molecule has 1 atom stereocenters. The van der Waals surface area contributed by atoms with Crippen molar-refractivity contribution in [2.24, 2.45) is 0 Å². The SMILES string of the molecule is CCNC(=O)C(C)Oc1ccc(CNC(C)(C)C)cc1F. The summed E-state index contributed by atoms with van der Waals surface area (Å²) < 4.78 is 19.3. The van der Waals surface area contributed by atoms with E-state index in [4.69, 9.17) is 4.74 Å². The molecule has 5 heteroatoms. The van der Waals surface area contributed by atoms with Gasteiger partial charge in [-0.15, -0.1) is 0 Å². The van der Waals surface area contributed by atoms with Crippen LogP contribution in [0.5, 0.6) is 5.75 Å². The molecule has 0 aliphatic heterocycles. The molecular formula is C16H25FN2O2. The Morgan fingerprint density at radius 3 is 2.57 bits per heavy atom. The molecule has 1 unspecified atom stereocenters. The predicted octanol–water partition coefficient (Wildman–Crippen LogP) is 2.62. The van der Waals surface area contributed by atoms with Crippen molar-refractivity contribution in [3.63, 3.8) is 0 Å². The number of likely N-dealkylation sites (N-methyl/N-ethyl adjacent to an activating group) is 1. The maximum atomic E-state index is 14.0. The van der Waals surface area contributed by atoms with E-state index in [2.05, 4.69) is 31.4 Å². The van der Waals surface area contributed by atoms with Crippen LogP contribution in [0.4, 0.5) is 4.39 Å². The summed E-state index contributed by atoms with van der Waals surface area (Å²) >= 11 is 0. The highest BCUT2D eigenvalue weighted by molar-refractivity contribution is 5.80. The number of hydrogen-bond acceptors (Lipinski definition) is 3. The molecule has 118 valence electrons. The van der Waals surface area contributed by atoms with Crippen molar-refractivity contribution in [3.05, 3.63) is 29.6 Å². The maximum absolute atomic E-state index is 14.0. The minimum absolute atomic E-state index is 0.0294. The fourth-order valence-electron chi connectivity index (χ4n) is 1.68. The van der Waals surface area contributed by atoms with Crippen molar-refractivity contribution in [2.45, 2.75) is 52.8 Å². The monoisotopic (exact) mass is 296 g/mol. The zero-order chi connectivity index (χ0) is 16.0. The first-order chi connectivity index (χ1) is 9.73. The Balaban J connectivity index is 2.68. The lowest BCUT2D eigenvalue weighted by atomic mass is 10.1. The number of nitrogens with one attached hydrogen (secondary N) is 2. The van der Waals surface area contributed by atoms with Gasteiger partial charge < -0.3 is 15.4 Å². The first-order valence-corrected chi connectivity index (χ1v) is 7.20. The van der Waals surface area contributed by atoms with Gasteiger partial charge in [0.2, 0.25) is 0 Å². The summed E-state index contributed by atoms with van der Waals surface area (Å²) in [5.74, 6) is -0.622. The van der Waals surface area contributed by atoms with Crippen LogP contribution in [0.1, 0.15) is 40.2 Å². The van der Waals surface area contributed by atoms with Crippen LogP contribution in [0.25, 0.3) is 0 Å². The number of halogens is 1. The van der Waals surface area contributed by atoms with Gasteiger partial charge in [0.15, 0.2) is 17.7 Å². The van der Waals surface area contributed by atoms with E-state index in [0.717, 1.165) is 5.56 Å². The van der Waals surface area contributed by atoms with E-state index in [-0.39, 0.29) is 17.2 Å². The normalized spacial score (nSPS) is 12.9. The third-order valence-electron chi connectivity index (χ3n) is 2.84. The molecular weight excluding hydrogens is 271 g/mol. The Bertz CT molecular complexity index is 484. The highest BCUT2D eigenvalue weighted by atomic mass is 19.1. The van der Waals surface area contributed by atoms with Gasteiger partial charge in [0.1, 0.15) is 0 Å². The van der Waals surface area contributed by atoms with Crippen LogP contribution in [0.3, 0.4) is 0 Å². The second-order valence-corrected chi connectivity index (χ2v) is 6.02. The molecule has 0 aromatic heterocycles. The average Bonchev–Trinajstić information content (AvgIpc) is 2.38. The Morgan fingerprint density at radius 2 is 2.05 bits per heavy atom. The molecule has 0 saturated heterocycles. The van der Waals surface area contributed by atoms with Crippen molar-refractivity contribution >= 4 is 5.91 Å². The molecule has 2 N–H and O–H groups in total. The summed E-state index contributed by atoms with van der Waals surface area (Å²) in [6.45, 7) is 10.7. The molecule has 0 saturated carbocycles. The Morgan fingerprint density at radius 1 is 1.38 bits per heavy atom. The molecule has 0 radical (unpaired) electrons. The van der Waals surface area contributed by atoms with Gasteiger partial charge in [-0.3, -0.25) is 4.79 Å². The van der Waals surface area contributed by atoms with E-state index < -0.39 is 11.9 Å². The lowest BCUT2D eigenvalue weighted by molar-refractivity contribution is -0.127. The zero-order valence-electron chi connectivity index (χ0n) is 13.4. The van der Waals surface area contributed by atoms with E-state index in [9.17, 15) is 9.18 Å². The minimum Gasteiger partial charge on any atom is -0.478 e. The highest BCUT2D eigenvalue weighted by Crippen LogP contribution is 2.20. The molecule has 4 nitrogen and oxygen atoms in total. The van der Waals surface area contributed by atoms with Crippen molar-refractivity contribution in [2.75, 3.05) is 6.54 Å². The average molecular weight is 296 g/mol. The molecule has 1 aromatic carbocycles. The summed E-state index contributed by atoms with van der Waals surface area (Å²) in [5, 5.41) is 5.93. The summed E-state index contributed by atoms with van der Waals surface area (Å²) in [4.78, 5) is 11.6. The fourth-order valence-corrected chi connectivity index (χ4v) is 1.68. The molecule has 0 fully saturated rings. The van der Waals surface area contributed by atoms with Gasteiger partial charge in [0.05, 0.1) is 0 Å². The van der Waals surface area contributed by atoms with Gasteiger partial charge in [0.25, 0.3) is 5.91 Å². The molecule has 0 bridgehead atoms. The summed E-state index contributed by atoms with van der Waals surface area (Å²) in [5.41, 5.74) is 0.804. The van der Waals surface area contributed by atoms with E-state index in [1.54, 1.807) is 19.1 Å². The Hall–Kier alpha value is -1.62. The minimum atomic E-state index is -0.724. The lowest BCUT2D eigenvalue weighted by Gasteiger charge is -2.21. The first kappa shape index (κ1) is 17.4. The second-order valence-electron chi connectivity index (χ2n) is 6.02. The van der Waals surface area contributed by atoms with Crippen LogP contribution < -0.4 is 15.4 Å². The molecule has 0 aliphatic carbocycles. The van der Waals surface area contributed by atoms with Crippen LogP contribution in [0.15, 0.2) is 18.2 Å². The number of benzene rings is 1. The van der Waals surface area contributed by atoms with Gasteiger partial charge in [-0.25, -0.2) is 4.39 Å². The molecule has 1 rings (SSSR count). The number of rotatable bonds is 6. The van der Waals surface area contributed by atoms with E-state index >= 15 is 0 Å². The third-order valence-corrected chi connectivity index (χ3v) is 2.84. The van der Waals surface area contributed by atoms with E-state index in [0.29, 0.717) is 13.1 Å². The summed E-state index contributed by atoms with van der Waals surface area (Å²) in [6.07, 6.45) is -0.724. The first-order valence-electron chi connectivity index (χ1n) is 7.20. The topological polar surface area (TPSA) is 50.4 Å². The van der Waals surface area contributed by atoms with Gasteiger partial charge in [-0.2, -0.15) is 0 Å². The van der Waals surface area contributed by atoms with Crippen molar-refractivity contribution in [1.29, 1.82) is 0 Å². The van der Waals surface area contributed by atoms with Gasteiger partial charge in [-0.05, 0) is 52.3 Å². The summed E-state index contributed by atoms with van der Waals surface area (Å²) in [6, 6.07) is 4.78. The number of carbonyl (C=O) groups is 1. The van der Waals surface area contributed by atoms with E-state index in [1.807, 2.05) is 6.92 Å². The van der Waals surface area contributed by atoms with Crippen molar-refractivity contribution < 1.29 is 13.9 Å². The second kappa shape index (κ2) is 7.41. The Labute approximate surface area is 126 Å². The molecule has 21 heavy (non-hydrogen) atoms. The standard InChI is InChI=1S/C16H25FN2O2/c1-6-18-15(20)11(2)21-14-8-7-12(9-13(14)17)10-19-16(3,4)5/h7-9,11,19H,6,10H2,1-5H3,(H,18,20). The van der Waals surface area contributed by atoms with Gasteiger partial charge in [-0.1, -0.05) is 6.07 Å². The highest BCUT2D eigenvalue weighted by Gasteiger charge is 2.16. The van der Waals surface area contributed by atoms with Crippen LogP contribution in [0, 0.1) is 5.82 Å².